The van der Waals surface area contributed by atoms with Crippen molar-refractivity contribution in [2.45, 2.75) is 50.4 Å². The van der Waals surface area contributed by atoms with Crippen LogP contribution in [0.5, 0.6) is 5.75 Å². The van der Waals surface area contributed by atoms with Crippen molar-refractivity contribution in [3.05, 3.63) is 63.6 Å². The van der Waals surface area contributed by atoms with Gasteiger partial charge in [-0.25, -0.2) is 9.59 Å². The molecule has 184 valence electrons. The molecule has 35 heavy (non-hydrogen) atoms. The number of carboxylic acid groups (broad SMARTS) is 1. The molecule has 2 unspecified atom stereocenters. The van der Waals surface area contributed by atoms with E-state index in [0.717, 1.165) is 36.1 Å². The van der Waals surface area contributed by atoms with Gasteiger partial charge in [-0.05, 0) is 44.4 Å². The van der Waals surface area contributed by atoms with Crippen LogP contribution < -0.4 is 15.4 Å². The van der Waals surface area contributed by atoms with Crippen molar-refractivity contribution in [3.63, 3.8) is 0 Å². The molecule has 10 heteroatoms. The fourth-order valence-electron chi connectivity index (χ4n) is 5.32. The summed E-state index contributed by atoms with van der Waals surface area (Å²) < 4.78 is 12.5. The number of methoxy groups -OCH3 is 1. The molecule has 5 rings (SSSR count). The van der Waals surface area contributed by atoms with Gasteiger partial charge in [0, 0.05) is 18.2 Å². The second-order valence-electron chi connectivity index (χ2n) is 9.15. The van der Waals surface area contributed by atoms with Crippen LogP contribution >= 0.6 is 11.6 Å². The molecule has 0 aliphatic carbocycles. The van der Waals surface area contributed by atoms with Gasteiger partial charge in [0.05, 0.1) is 36.0 Å². The lowest BCUT2D eigenvalue weighted by Gasteiger charge is -2.35. The Balaban J connectivity index is 1.47. The standard InChI is InChI=1S/C25H27ClN4O5/c1-28-16-8-9-17(28)11-18(10-16)30-25(33)35-23(27-30)19-12-20(26)21(13-22(19)34-2)29(24(31)32)14-15-6-4-3-5-7-15/h3-7,12-13,16-18H,8-11,14H2,1-2H3,(H,31,32). The summed E-state index contributed by atoms with van der Waals surface area (Å²) in [6, 6.07) is 13.2. The van der Waals surface area contributed by atoms with E-state index in [1.54, 1.807) is 0 Å². The first-order valence-corrected chi connectivity index (χ1v) is 12.0. The van der Waals surface area contributed by atoms with Crippen molar-refractivity contribution in [3.8, 4) is 17.2 Å². The Morgan fingerprint density at radius 3 is 2.51 bits per heavy atom. The van der Waals surface area contributed by atoms with E-state index in [2.05, 4.69) is 17.0 Å². The molecule has 2 bridgehead atoms. The molecule has 9 nitrogen and oxygen atoms in total. The van der Waals surface area contributed by atoms with E-state index in [9.17, 15) is 14.7 Å². The highest BCUT2D eigenvalue weighted by Crippen LogP contribution is 2.41. The van der Waals surface area contributed by atoms with Crippen molar-refractivity contribution in [1.82, 2.24) is 14.7 Å². The SMILES string of the molecule is COc1cc(N(Cc2ccccc2)C(=O)O)c(Cl)cc1-c1nn(C2CC3CCC(C2)N3C)c(=O)o1. The van der Waals surface area contributed by atoms with E-state index in [4.69, 9.17) is 20.8 Å². The number of amides is 1. The predicted molar refractivity (Wildman–Crippen MR) is 131 cm³/mol. The van der Waals surface area contributed by atoms with Gasteiger partial charge in [-0.2, -0.15) is 4.68 Å². The number of carbonyl (C=O) groups is 1. The second-order valence-corrected chi connectivity index (χ2v) is 9.56. The van der Waals surface area contributed by atoms with Gasteiger partial charge in [0.1, 0.15) is 5.75 Å². The summed E-state index contributed by atoms with van der Waals surface area (Å²) in [6.07, 6.45) is 2.81. The largest absolute Gasteiger partial charge is 0.496 e. The number of ether oxygens (including phenoxy) is 1. The molecule has 1 amide bonds. The summed E-state index contributed by atoms with van der Waals surface area (Å²) in [4.78, 5) is 28.3. The molecule has 1 aromatic heterocycles. The number of rotatable bonds is 6. The number of aromatic nitrogens is 2. The molecule has 2 atom stereocenters. The van der Waals surface area contributed by atoms with Crippen LogP contribution in [0, 0.1) is 0 Å². The first-order chi connectivity index (χ1) is 16.9. The van der Waals surface area contributed by atoms with Crippen LogP contribution in [0.3, 0.4) is 0 Å². The Hall–Kier alpha value is -3.30. The van der Waals surface area contributed by atoms with Crippen molar-refractivity contribution in [1.29, 1.82) is 0 Å². The second kappa shape index (κ2) is 9.39. The number of hydrogen-bond acceptors (Lipinski definition) is 6. The van der Waals surface area contributed by atoms with Crippen LogP contribution in [-0.4, -0.2) is 52.1 Å². The maximum Gasteiger partial charge on any atom is 0.437 e. The first kappa shape index (κ1) is 23.4. The Labute approximate surface area is 207 Å². The normalized spacial score (nSPS) is 21.7. The number of hydrogen-bond donors (Lipinski definition) is 1. The molecule has 2 saturated heterocycles. The topological polar surface area (TPSA) is 101 Å². The Morgan fingerprint density at radius 1 is 1.20 bits per heavy atom. The van der Waals surface area contributed by atoms with Crippen molar-refractivity contribution in [2.75, 3.05) is 19.1 Å². The Kier molecular flexibility index (Phi) is 6.29. The van der Waals surface area contributed by atoms with Crippen LogP contribution in [0.1, 0.15) is 37.3 Å². The highest BCUT2D eigenvalue weighted by molar-refractivity contribution is 6.34. The predicted octanol–water partition coefficient (Wildman–Crippen LogP) is 4.65. The summed E-state index contributed by atoms with van der Waals surface area (Å²) in [5.41, 5.74) is 1.46. The Bertz CT molecular complexity index is 1280. The van der Waals surface area contributed by atoms with Crippen molar-refractivity contribution >= 4 is 23.4 Å². The van der Waals surface area contributed by atoms with Crippen molar-refractivity contribution in [2.24, 2.45) is 0 Å². The number of nitrogens with zero attached hydrogens (tertiary/aromatic N) is 4. The van der Waals surface area contributed by atoms with Gasteiger partial charge in [0.15, 0.2) is 0 Å². The molecule has 3 aromatic rings. The number of fused-ring (bicyclic) bond motifs is 2. The average molecular weight is 499 g/mol. The van der Waals surface area contributed by atoms with Gasteiger partial charge < -0.3 is 19.2 Å². The lowest BCUT2D eigenvalue weighted by atomic mass is 9.98. The molecule has 2 aliphatic heterocycles. The quantitative estimate of drug-likeness (QED) is 0.528. The van der Waals surface area contributed by atoms with Gasteiger partial charge in [-0.15, -0.1) is 5.10 Å². The zero-order chi connectivity index (χ0) is 24.7. The highest BCUT2D eigenvalue weighted by Gasteiger charge is 2.40. The molecule has 2 fully saturated rings. The number of halogens is 1. The summed E-state index contributed by atoms with van der Waals surface area (Å²) in [5.74, 6) is -0.121. The minimum absolute atomic E-state index is 0.0252. The van der Waals surface area contributed by atoms with Gasteiger partial charge in [0.2, 0.25) is 0 Å². The molecular formula is C25H27ClN4O5. The number of benzene rings is 2. The third-order valence-electron chi connectivity index (χ3n) is 7.19. The molecular weight excluding hydrogens is 472 g/mol. The van der Waals surface area contributed by atoms with Crippen LogP contribution in [0.25, 0.3) is 11.5 Å². The van der Waals surface area contributed by atoms with E-state index in [1.165, 1.54) is 23.9 Å². The highest BCUT2D eigenvalue weighted by atomic mass is 35.5. The van der Waals surface area contributed by atoms with Crippen molar-refractivity contribution < 1.29 is 19.1 Å². The lowest BCUT2D eigenvalue weighted by Crippen LogP contribution is -2.42. The van der Waals surface area contributed by atoms with Crippen LogP contribution in [-0.2, 0) is 6.54 Å². The first-order valence-electron chi connectivity index (χ1n) is 11.6. The number of piperidine rings is 1. The minimum atomic E-state index is -1.15. The molecule has 2 aromatic carbocycles. The maximum atomic E-state index is 12.7. The van der Waals surface area contributed by atoms with E-state index < -0.39 is 11.8 Å². The smallest absolute Gasteiger partial charge is 0.437 e. The Morgan fingerprint density at radius 2 is 1.89 bits per heavy atom. The van der Waals surface area contributed by atoms with Crippen LogP contribution in [0.2, 0.25) is 5.02 Å². The summed E-state index contributed by atoms with van der Waals surface area (Å²) in [6.45, 7) is 0.112. The van der Waals surface area contributed by atoms with Crippen LogP contribution in [0.15, 0.2) is 51.7 Å². The van der Waals surface area contributed by atoms with Gasteiger partial charge in [-0.1, -0.05) is 41.9 Å². The molecule has 0 saturated carbocycles. The fraction of sp³-hybridized carbons (Fsp3) is 0.400. The fourth-order valence-corrected chi connectivity index (χ4v) is 5.58. The third-order valence-corrected chi connectivity index (χ3v) is 7.50. The molecule has 3 heterocycles. The number of anilines is 1. The van der Waals surface area contributed by atoms with E-state index in [-0.39, 0.29) is 29.2 Å². The average Bonchev–Trinajstić information content (AvgIpc) is 3.31. The monoisotopic (exact) mass is 498 g/mol. The van der Waals surface area contributed by atoms with E-state index in [0.29, 0.717) is 23.4 Å². The van der Waals surface area contributed by atoms with E-state index in [1.807, 2.05) is 30.3 Å². The third kappa shape index (κ3) is 4.41. The zero-order valence-corrected chi connectivity index (χ0v) is 20.3. The van der Waals surface area contributed by atoms with Gasteiger partial charge in [0.25, 0.3) is 5.89 Å². The lowest BCUT2D eigenvalue weighted by molar-refractivity contribution is 0.128. The summed E-state index contributed by atoms with van der Waals surface area (Å²) in [7, 11) is 3.60. The molecule has 2 aliphatic rings. The van der Waals surface area contributed by atoms with E-state index >= 15 is 0 Å². The van der Waals surface area contributed by atoms with Gasteiger partial charge >= 0.3 is 11.8 Å². The van der Waals surface area contributed by atoms with Gasteiger partial charge in [-0.3, -0.25) is 4.90 Å². The summed E-state index contributed by atoms with van der Waals surface area (Å²) >= 11 is 6.55. The summed E-state index contributed by atoms with van der Waals surface area (Å²) in [5, 5.41) is 14.5. The molecule has 0 radical (unpaired) electrons. The molecule has 0 spiro atoms. The maximum absolute atomic E-state index is 12.7. The zero-order valence-electron chi connectivity index (χ0n) is 19.6. The van der Waals surface area contributed by atoms with Crippen LogP contribution in [0.4, 0.5) is 10.5 Å². The minimum Gasteiger partial charge on any atom is -0.496 e. The molecule has 1 N–H and O–H groups in total.